The summed E-state index contributed by atoms with van der Waals surface area (Å²) in [7, 11) is 0. The predicted octanol–water partition coefficient (Wildman–Crippen LogP) is 11.3. The lowest BCUT2D eigenvalue weighted by atomic mass is 9.94. The van der Waals surface area contributed by atoms with Gasteiger partial charge in [0.25, 0.3) is 0 Å². The van der Waals surface area contributed by atoms with Crippen molar-refractivity contribution in [2.75, 3.05) is 0 Å². The summed E-state index contributed by atoms with van der Waals surface area (Å²) in [4.78, 5) is 4.26. The van der Waals surface area contributed by atoms with Crippen LogP contribution >= 0.6 is 46.4 Å². The average molecular weight is 701 g/mol. The Bertz CT molecular complexity index is 1990. The van der Waals surface area contributed by atoms with E-state index in [0.29, 0.717) is 43.8 Å². The molecule has 0 aliphatic heterocycles. The van der Waals surface area contributed by atoms with Gasteiger partial charge in [-0.15, -0.1) is 10.2 Å². The number of hydrogen-bond acceptors (Lipinski definition) is 5. The van der Waals surface area contributed by atoms with Crippen LogP contribution in [0.25, 0.3) is 44.6 Å². The fraction of sp³-hybridized carbons (Fsp3) is 0.0882. The summed E-state index contributed by atoms with van der Waals surface area (Å²) < 4.78 is 41.6. The number of pyridine rings is 1. The molecule has 0 atom stereocenters. The largest absolute Gasteiger partial charge is 0.253 e. The highest BCUT2D eigenvalue weighted by atomic mass is 35.5. The van der Waals surface area contributed by atoms with E-state index < -0.39 is 11.6 Å². The van der Waals surface area contributed by atoms with Gasteiger partial charge >= 0.3 is 0 Å². The van der Waals surface area contributed by atoms with Crippen LogP contribution in [0.5, 0.6) is 0 Å². The Morgan fingerprint density at radius 1 is 0.543 bits per heavy atom. The van der Waals surface area contributed by atoms with E-state index in [1.807, 2.05) is 30.3 Å². The smallest absolute Gasteiger partial charge is 0.161 e. The molecule has 12 heteroatoms. The molecule has 0 saturated heterocycles. The van der Waals surface area contributed by atoms with Crippen LogP contribution in [0.4, 0.5) is 13.2 Å². The van der Waals surface area contributed by atoms with Gasteiger partial charge in [-0.05, 0) is 55.3 Å². The highest BCUT2D eigenvalue weighted by molar-refractivity contribution is 6.38. The van der Waals surface area contributed by atoms with Crippen LogP contribution in [-0.2, 0) is 0 Å². The first kappa shape index (κ1) is 34.8. The number of rotatable bonds is 4. The Morgan fingerprint density at radius 3 is 1.63 bits per heavy atom. The second-order valence-electron chi connectivity index (χ2n) is 9.61. The zero-order chi connectivity index (χ0) is 32.2. The molecule has 0 aliphatic carbocycles. The molecule has 234 valence electrons. The molecular formula is C34H24Cl4F3N5. The second-order valence-corrected chi connectivity index (χ2v) is 11.2. The minimum atomic E-state index is -0.688. The summed E-state index contributed by atoms with van der Waals surface area (Å²) in [6.07, 6.45) is 1.48. The minimum Gasteiger partial charge on any atom is -0.253 e. The van der Waals surface area contributed by atoms with E-state index in [2.05, 4.69) is 25.4 Å². The third kappa shape index (κ3) is 7.32. The molecule has 0 radical (unpaired) electrons. The van der Waals surface area contributed by atoms with Gasteiger partial charge in [-0.25, -0.2) is 13.2 Å². The van der Waals surface area contributed by atoms with Gasteiger partial charge < -0.3 is 0 Å². The van der Waals surface area contributed by atoms with E-state index in [1.54, 1.807) is 32.0 Å². The lowest BCUT2D eigenvalue weighted by molar-refractivity contribution is 0.589. The van der Waals surface area contributed by atoms with Crippen LogP contribution in [0, 0.1) is 31.3 Å². The van der Waals surface area contributed by atoms with E-state index >= 15 is 0 Å². The van der Waals surface area contributed by atoms with Crippen LogP contribution in [0.2, 0.25) is 20.4 Å². The molecule has 5 nitrogen and oxygen atoms in total. The zero-order valence-electron chi connectivity index (χ0n) is 23.5. The Labute approximate surface area is 284 Å². The van der Waals surface area contributed by atoms with Crippen molar-refractivity contribution in [3.05, 3.63) is 134 Å². The predicted molar refractivity (Wildman–Crippen MR) is 180 cm³/mol. The second kappa shape index (κ2) is 15.0. The molecule has 0 fully saturated rings. The van der Waals surface area contributed by atoms with Gasteiger partial charge in [0, 0.05) is 22.9 Å². The molecule has 0 spiro atoms. The van der Waals surface area contributed by atoms with E-state index in [-0.39, 0.29) is 34.7 Å². The molecule has 46 heavy (non-hydrogen) atoms. The molecule has 0 bridgehead atoms. The van der Waals surface area contributed by atoms with Crippen LogP contribution in [-0.4, -0.2) is 25.4 Å². The van der Waals surface area contributed by atoms with Crippen LogP contribution in [0.1, 0.15) is 18.8 Å². The van der Waals surface area contributed by atoms with Crippen molar-refractivity contribution < 1.29 is 13.2 Å². The SMILES string of the molecule is C.Cc1nnc(Cl)c(-c2c(F)cccc2F)c1-c1ccccc1.Cc1nnc(Cl)c(-c2ncc(Cl)cc2Cl)c1-c1ccc(F)cc1. The van der Waals surface area contributed by atoms with Gasteiger partial charge in [-0.1, -0.05) is 102 Å². The monoisotopic (exact) mass is 699 g/mol. The molecule has 0 N–H and O–H groups in total. The van der Waals surface area contributed by atoms with Gasteiger partial charge in [-0.3, -0.25) is 4.98 Å². The first-order chi connectivity index (χ1) is 21.6. The topological polar surface area (TPSA) is 64.5 Å². The van der Waals surface area contributed by atoms with Gasteiger partial charge in [0.1, 0.15) is 17.5 Å². The first-order valence-electron chi connectivity index (χ1n) is 13.2. The molecule has 0 saturated carbocycles. The zero-order valence-corrected chi connectivity index (χ0v) is 26.5. The van der Waals surface area contributed by atoms with Crippen molar-refractivity contribution in [3.8, 4) is 44.6 Å². The van der Waals surface area contributed by atoms with E-state index in [1.165, 1.54) is 36.5 Å². The summed E-state index contributed by atoms with van der Waals surface area (Å²) >= 11 is 24.5. The molecule has 0 unspecified atom stereocenters. The molecule has 6 aromatic rings. The quantitative estimate of drug-likeness (QED) is 0.183. The average Bonchev–Trinajstić information content (AvgIpc) is 3.01. The summed E-state index contributed by atoms with van der Waals surface area (Å²) in [5.74, 6) is -1.71. The van der Waals surface area contributed by atoms with E-state index in [9.17, 15) is 13.2 Å². The molecule has 3 aromatic carbocycles. The fourth-order valence-corrected chi connectivity index (χ4v) is 5.64. The van der Waals surface area contributed by atoms with Gasteiger partial charge in [0.2, 0.25) is 0 Å². The minimum absolute atomic E-state index is 0. The van der Waals surface area contributed by atoms with Crippen molar-refractivity contribution in [2.45, 2.75) is 21.3 Å². The fourth-order valence-electron chi connectivity index (χ4n) is 4.71. The number of benzene rings is 3. The first-order valence-corrected chi connectivity index (χ1v) is 14.7. The van der Waals surface area contributed by atoms with Gasteiger partial charge in [0.05, 0.1) is 38.3 Å². The van der Waals surface area contributed by atoms with Gasteiger partial charge in [0.15, 0.2) is 10.3 Å². The highest BCUT2D eigenvalue weighted by Crippen LogP contribution is 2.41. The third-order valence-electron chi connectivity index (χ3n) is 6.66. The molecule has 3 heterocycles. The third-order valence-corrected chi connectivity index (χ3v) is 7.69. The molecular weight excluding hydrogens is 677 g/mol. The normalized spacial score (nSPS) is 10.5. The summed E-state index contributed by atoms with van der Waals surface area (Å²) in [5.41, 5.74) is 4.97. The Hall–Kier alpha value is -4.08. The maximum Gasteiger partial charge on any atom is 0.161 e. The number of halogens is 7. The number of nitrogens with zero attached hydrogens (tertiary/aromatic N) is 5. The maximum absolute atomic E-state index is 14.2. The Balaban J connectivity index is 0.000000205. The van der Waals surface area contributed by atoms with Crippen molar-refractivity contribution in [1.82, 2.24) is 25.4 Å². The lowest BCUT2D eigenvalue weighted by Gasteiger charge is -2.14. The molecule has 3 aromatic heterocycles. The maximum atomic E-state index is 14.2. The van der Waals surface area contributed by atoms with Gasteiger partial charge in [-0.2, -0.15) is 10.2 Å². The molecule has 0 amide bonds. The van der Waals surface area contributed by atoms with Crippen LogP contribution in [0.15, 0.2) is 85.1 Å². The van der Waals surface area contributed by atoms with Crippen LogP contribution < -0.4 is 0 Å². The van der Waals surface area contributed by atoms with Crippen molar-refractivity contribution in [2.24, 2.45) is 0 Å². The standard InChI is InChI=1S/C17H11ClF2N2.C16H9Cl3FN3.CH4/c1-10-14(11-6-3-2-4-7-11)16(17(18)22-21-10)15-12(19)8-5-9-13(15)20;1-8-13(9-2-4-11(20)5-3-9)14(16(19)23-22-8)15-12(18)6-10(17)7-21-15;/h2-9H,1H3;2-7H,1H3;1H4. The Kier molecular flexibility index (Phi) is 11.3. The highest BCUT2D eigenvalue weighted by Gasteiger charge is 2.23. The van der Waals surface area contributed by atoms with Crippen molar-refractivity contribution in [1.29, 1.82) is 0 Å². The lowest BCUT2D eigenvalue weighted by Crippen LogP contribution is -2.00. The summed E-state index contributed by atoms with van der Waals surface area (Å²) in [5, 5.41) is 16.6. The molecule has 0 aliphatic rings. The molecule has 6 rings (SSSR count). The van der Waals surface area contributed by atoms with E-state index in [4.69, 9.17) is 46.4 Å². The van der Waals surface area contributed by atoms with E-state index in [0.717, 1.165) is 11.1 Å². The Morgan fingerprint density at radius 2 is 1.07 bits per heavy atom. The summed E-state index contributed by atoms with van der Waals surface area (Å²) in [6, 6.07) is 20.5. The number of aromatic nitrogens is 5. The number of aryl methyl sites for hydroxylation is 2. The van der Waals surface area contributed by atoms with Crippen molar-refractivity contribution >= 4 is 46.4 Å². The summed E-state index contributed by atoms with van der Waals surface area (Å²) in [6.45, 7) is 3.52. The van der Waals surface area contributed by atoms with Crippen LogP contribution in [0.3, 0.4) is 0 Å². The number of hydrogen-bond donors (Lipinski definition) is 0. The van der Waals surface area contributed by atoms with Crippen molar-refractivity contribution in [3.63, 3.8) is 0 Å².